The normalized spacial score (nSPS) is 28.1. The van der Waals surface area contributed by atoms with Crippen LogP contribution in [0.15, 0.2) is 24.3 Å². The Morgan fingerprint density at radius 1 is 1.45 bits per heavy atom. The molecular weight excluding hydrogens is 367 g/mol. The van der Waals surface area contributed by atoms with Crippen LogP contribution < -0.4 is 5.32 Å². The van der Waals surface area contributed by atoms with Crippen molar-refractivity contribution in [1.82, 2.24) is 5.32 Å². The first-order valence-corrected chi connectivity index (χ1v) is 7.67. The highest BCUT2D eigenvalue weighted by Gasteiger charge is 2.55. The van der Waals surface area contributed by atoms with Crippen LogP contribution in [0.25, 0.3) is 0 Å². The number of aliphatic hydroxyl groups is 1. The lowest BCUT2D eigenvalue weighted by atomic mass is 9.96. The molecule has 0 fully saturated rings. The molecule has 0 bridgehead atoms. The van der Waals surface area contributed by atoms with E-state index in [9.17, 15) is 9.50 Å². The molecule has 0 spiro atoms. The second kappa shape index (κ2) is 6.22. The van der Waals surface area contributed by atoms with Crippen LogP contribution in [-0.2, 0) is 5.72 Å². The first-order valence-electron chi connectivity index (χ1n) is 6.25. The standard InChI is InChI=1S/C13H14ClFN2OS.BrH/c14-6-5-11-13(18,9-1-3-10(15)4-2-9)17-8-7-16-12(17)19-11;/h1-4,11,18H,5-8H2;1H/p+1. The number of amidine groups is 1. The zero-order valence-electron chi connectivity index (χ0n) is 10.7. The summed E-state index contributed by atoms with van der Waals surface area (Å²) in [6.45, 7) is 1.56. The van der Waals surface area contributed by atoms with Gasteiger partial charge in [0.1, 0.15) is 18.9 Å². The van der Waals surface area contributed by atoms with Gasteiger partial charge in [0.2, 0.25) is 5.72 Å². The molecule has 0 radical (unpaired) electrons. The van der Waals surface area contributed by atoms with Crippen molar-refractivity contribution in [3.05, 3.63) is 35.6 Å². The van der Waals surface area contributed by atoms with Gasteiger partial charge in [0, 0.05) is 11.4 Å². The van der Waals surface area contributed by atoms with Crippen LogP contribution >= 0.6 is 40.3 Å². The number of alkyl halides is 1. The summed E-state index contributed by atoms with van der Waals surface area (Å²) >= 11 is 7.46. The maximum absolute atomic E-state index is 13.1. The van der Waals surface area contributed by atoms with Crippen molar-refractivity contribution in [3.63, 3.8) is 0 Å². The van der Waals surface area contributed by atoms with Gasteiger partial charge in [0.15, 0.2) is 0 Å². The van der Waals surface area contributed by atoms with Crippen LogP contribution in [0.1, 0.15) is 12.0 Å². The Morgan fingerprint density at radius 2 is 2.15 bits per heavy atom. The van der Waals surface area contributed by atoms with E-state index < -0.39 is 5.72 Å². The summed E-state index contributed by atoms with van der Waals surface area (Å²) < 4.78 is 15.0. The largest absolute Gasteiger partial charge is 0.348 e. The van der Waals surface area contributed by atoms with Crippen LogP contribution in [0.5, 0.6) is 0 Å². The molecule has 1 aromatic carbocycles. The highest BCUT2D eigenvalue weighted by atomic mass is 79.9. The molecule has 2 N–H and O–H groups in total. The Bertz CT molecular complexity index is 528. The first kappa shape index (κ1) is 16.1. The van der Waals surface area contributed by atoms with E-state index in [-0.39, 0.29) is 28.0 Å². The highest BCUT2D eigenvalue weighted by molar-refractivity contribution is 8.93. The van der Waals surface area contributed by atoms with Crippen molar-refractivity contribution in [1.29, 1.82) is 0 Å². The van der Waals surface area contributed by atoms with E-state index in [4.69, 9.17) is 11.6 Å². The van der Waals surface area contributed by atoms with Gasteiger partial charge in [-0.05, 0) is 42.4 Å². The number of nitrogens with zero attached hydrogens (tertiary/aromatic N) is 1. The maximum atomic E-state index is 13.1. The molecule has 2 aliphatic heterocycles. The smallest absolute Gasteiger partial charge is 0.309 e. The molecule has 0 saturated carbocycles. The van der Waals surface area contributed by atoms with E-state index in [0.717, 1.165) is 23.8 Å². The van der Waals surface area contributed by atoms with E-state index in [0.29, 0.717) is 12.3 Å². The fraction of sp³-hybridized carbons (Fsp3) is 0.462. The lowest BCUT2D eigenvalue weighted by Gasteiger charge is -2.29. The van der Waals surface area contributed by atoms with Gasteiger partial charge in [0.25, 0.3) is 0 Å². The van der Waals surface area contributed by atoms with Gasteiger partial charge in [0.05, 0.1) is 5.25 Å². The van der Waals surface area contributed by atoms with Gasteiger partial charge in [-0.15, -0.1) is 28.6 Å². The monoisotopic (exact) mass is 381 g/mol. The fourth-order valence-corrected chi connectivity index (χ4v) is 4.51. The Kier molecular flexibility index (Phi) is 5.00. The molecule has 2 aliphatic rings. The molecule has 7 heteroatoms. The molecule has 1 aromatic rings. The van der Waals surface area contributed by atoms with Gasteiger partial charge < -0.3 is 5.11 Å². The van der Waals surface area contributed by atoms with Crippen LogP contribution in [0.3, 0.4) is 0 Å². The van der Waals surface area contributed by atoms with Crippen LogP contribution in [0, 0.1) is 5.82 Å². The van der Waals surface area contributed by atoms with Crippen molar-refractivity contribution >= 4 is 45.5 Å². The number of thioether (sulfide) groups is 1. The number of benzene rings is 1. The summed E-state index contributed by atoms with van der Waals surface area (Å²) in [6, 6.07) is 6.07. The van der Waals surface area contributed by atoms with Crippen LogP contribution in [0.2, 0.25) is 0 Å². The van der Waals surface area contributed by atoms with Crippen LogP contribution in [0.4, 0.5) is 4.39 Å². The van der Waals surface area contributed by atoms with E-state index in [1.165, 1.54) is 12.1 Å². The van der Waals surface area contributed by atoms with E-state index >= 15 is 0 Å². The maximum Gasteiger partial charge on any atom is 0.309 e. The highest BCUT2D eigenvalue weighted by Crippen LogP contribution is 2.43. The minimum absolute atomic E-state index is 0. The lowest BCUT2D eigenvalue weighted by molar-refractivity contribution is -0.657. The first-order chi connectivity index (χ1) is 9.16. The number of halogens is 3. The van der Waals surface area contributed by atoms with Crippen molar-refractivity contribution < 1.29 is 14.1 Å². The van der Waals surface area contributed by atoms with Crippen molar-refractivity contribution in [2.75, 3.05) is 19.0 Å². The van der Waals surface area contributed by atoms with Crippen molar-refractivity contribution in [2.45, 2.75) is 17.4 Å². The Morgan fingerprint density at radius 3 is 2.80 bits per heavy atom. The van der Waals surface area contributed by atoms with Gasteiger partial charge in [-0.1, -0.05) is 0 Å². The molecule has 0 aliphatic carbocycles. The third-order valence-electron chi connectivity index (χ3n) is 3.61. The summed E-state index contributed by atoms with van der Waals surface area (Å²) in [6.07, 6.45) is 0.696. The molecule has 0 saturated heterocycles. The fourth-order valence-electron chi connectivity index (χ4n) is 2.69. The van der Waals surface area contributed by atoms with Gasteiger partial charge in [-0.3, -0.25) is 5.32 Å². The minimum Gasteiger partial charge on any atom is -0.348 e. The summed E-state index contributed by atoms with van der Waals surface area (Å²) in [5, 5.41) is 15.4. The summed E-state index contributed by atoms with van der Waals surface area (Å²) in [5.74, 6) is 0.193. The zero-order chi connectivity index (χ0) is 13.5. The molecule has 3 nitrogen and oxygen atoms in total. The molecule has 0 amide bonds. The summed E-state index contributed by atoms with van der Waals surface area (Å²) in [7, 11) is 0. The van der Waals surface area contributed by atoms with E-state index in [2.05, 4.69) is 5.32 Å². The molecule has 20 heavy (non-hydrogen) atoms. The second-order valence-corrected chi connectivity index (χ2v) is 6.27. The summed E-state index contributed by atoms with van der Waals surface area (Å²) in [5.41, 5.74) is -0.387. The minimum atomic E-state index is -1.11. The van der Waals surface area contributed by atoms with Crippen molar-refractivity contribution in [3.8, 4) is 0 Å². The number of nitrogens with one attached hydrogen (secondary N) is 1. The molecule has 3 rings (SSSR count). The predicted octanol–water partition coefficient (Wildman–Crippen LogP) is 2.26. The van der Waals surface area contributed by atoms with Gasteiger partial charge in [-0.2, -0.15) is 0 Å². The number of hydrogen-bond acceptors (Lipinski definition) is 3. The second-order valence-electron chi connectivity index (χ2n) is 4.70. The number of hydrogen-bond donors (Lipinski definition) is 2. The number of rotatable bonds is 3. The molecule has 110 valence electrons. The SMILES string of the molecule is Br.OC1(c2ccc(F)cc2)C(CCCl)SC2=[N+]1CCN2. The molecular formula is C13H16BrClFN2OS+. The predicted molar refractivity (Wildman–Crippen MR) is 85.5 cm³/mol. The van der Waals surface area contributed by atoms with E-state index in [1.54, 1.807) is 23.9 Å². The third-order valence-corrected chi connectivity index (χ3v) is 5.27. The quantitative estimate of drug-likeness (QED) is 0.622. The average molecular weight is 383 g/mol. The molecule has 2 unspecified atom stereocenters. The Balaban J connectivity index is 0.00000147. The summed E-state index contributed by atoms with van der Waals surface area (Å²) in [4.78, 5) is 0. The lowest BCUT2D eigenvalue weighted by Crippen LogP contribution is -2.44. The third kappa shape index (κ3) is 2.47. The molecule has 0 aromatic heterocycles. The average Bonchev–Trinajstić information content (AvgIpc) is 2.95. The van der Waals surface area contributed by atoms with Gasteiger partial charge in [-0.25, -0.2) is 8.97 Å². The Labute approximate surface area is 137 Å². The molecule has 2 atom stereocenters. The topological polar surface area (TPSA) is 35.3 Å². The van der Waals surface area contributed by atoms with Crippen molar-refractivity contribution in [2.24, 2.45) is 0 Å². The molecule has 2 heterocycles. The van der Waals surface area contributed by atoms with Gasteiger partial charge >= 0.3 is 5.17 Å². The van der Waals surface area contributed by atoms with E-state index in [1.807, 2.05) is 4.58 Å². The van der Waals surface area contributed by atoms with Crippen LogP contribution in [-0.4, -0.2) is 39.1 Å². The zero-order valence-corrected chi connectivity index (χ0v) is 14.0. The Hall–Kier alpha value is -0.300.